The number of nitrogens with zero attached hydrogens (tertiary/aromatic N) is 2. The zero-order chi connectivity index (χ0) is 20.4. The highest BCUT2D eigenvalue weighted by molar-refractivity contribution is 7.98. The van der Waals surface area contributed by atoms with Crippen LogP contribution in [0.2, 0.25) is 0 Å². The fourth-order valence-electron chi connectivity index (χ4n) is 2.52. The molecule has 3 rings (SSSR count). The van der Waals surface area contributed by atoms with Crippen molar-refractivity contribution < 1.29 is 22.3 Å². The molecule has 0 radical (unpaired) electrons. The zero-order valence-corrected chi connectivity index (χ0v) is 15.3. The first-order valence-corrected chi connectivity index (χ1v) is 9.06. The summed E-state index contributed by atoms with van der Waals surface area (Å²) < 4.78 is 60.2. The molecule has 3 aromatic rings. The summed E-state index contributed by atoms with van der Waals surface area (Å²) in [5.41, 5.74) is 12.1. The average Bonchev–Trinajstić information content (AvgIpc) is 2.68. The molecule has 0 saturated heterocycles. The average molecular weight is 410 g/mol. The molecule has 4 N–H and O–H groups in total. The van der Waals surface area contributed by atoms with Crippen molar-refractivity contribution in [3.05, 3.63) is 59.3 Å². The van der Waals surface area contributed by atoms with Gasteiger partial charge in [0.15, 0.2) is 23.3 Å². The number of thioether (sulfide) groups is 1. The number of nitrogen functional groups attached to an aromatic ring is 2. The number of rotatable bonds is 5. The summed E-state index contributed by atoms with van der Waals surface area (Å²) in [6.07, 6.45) is 2.89. The number of halogens is 4. The van der Waals surface area contributed by atoms with Gasteiger partial charge >= 0.3 is 0 Å². The van der Waals surface area contributed by atoms with Crippen molar-refractivity contribution in [1.82, 2.24) is 9.97 Å². The maximum absolute atomic E-state index is 14.0. The van der Waals surface area contributed by atoms with E-state index < -0.39 is 35.4 Å². The van der Waals surface area contributed by atoms with Crippen LogP contribution in [0.15, 0.2) is 35.4 Å². The molecule has 0 atom stereocenters. The van der Waals surface area contributed by atoms with E-state index in [1.165, 1.54) is 12.5 Å². The molecule has 0 spiro atoms. The molecule has 0 aliphatic carbocycles. The minimum absolute atomic E-state index is 0.0478. The number of ether oxygens (including phenoxy) is 1. The summed E-state index contributed by atoms with van der Waals surface area (Å²) >= 11 is 0.757. The van der Waals surface area contributed by atoms with Gasteiger partial charge in [0.25, 0.3) is 0 Å². The Hall–Kier alpha value is -3.01. The van der Waals surface area contributed by atoms with Crippen molar-refractivity contribution in [3.8, 4) is 16.9 Å². The SMILES string of the molecule is CSc1c(F)c(F)c(F)c(F)c1COc1ccc(-c2cnc(N)nc2N)cc1. The lowest BCUT2D eigenvalue weighted by Crippen LogP contribution is -2.08. The normalized spacial score (nSPS) is 10.9. The fraction of sp³-hybridized carbons (Fsp3) is 0.111. The molecule has 0 aliphatic heterocycles. The summed E-state index contributed by atoms with van der Waals surface area (Å²) in [6.45, 7) is -0.484. The second-order valence-corrected chi connectivity index (χ2v) is 6.42. The van der Waals surface area contributed by atoms with Gasteiger partial charge in [-0.25, -0.2) is 22.5 Å². The largest absolute Gasteiger partial charge is 0.489 e. The zero-order valence-electron chi connectivity index (χ0n) is 14.5. The maximum Gasteiger partial charge on any atom is 0.221 e. The maximum atomic E-state index is 14.0. The van der Waals surface area contributed by atoms with Crippen molar-refractivity contribution in [2.45, 2.75) is 11.5 Å². The lowest BCUT2D eigenvalue weighted by atomic mass is 10.1. The van der Waals surface area contributed by atoms with Gasteiger partial charge in [-0.2, -0.15) is 4.98 Å². The third-order valence-electron chi connectivity index (χ3n) is 3.91. The molecule has 0 bridgehead atoms. The Kier molecular flexibility index (Phi) is 5.59. The predicted octanol–water partition coefficient (Wildman–Crippen LogP) is 4.17. The highest BCUT2D eigenvalue weighted by Gasteiger charge is 2.25. The van der Waals surface area contributed by atoms with Crippen molar-refractivity contribution in [3.63, 3.8) is 0 Å². The summed E-state index contributed by atoms with van der Waals surface area (Å²) in [5, 5.41) is 0. The monoisotopic (exact) mass is 410 g/mol. The number of hydrogen-bond donors (Lipinski definition) is 2. The third-order valence-corrected chi connectivity index (χ3v) is 4.74. The van der Waals surface area contributed by atoms with Crippen LogP contribution in [0.1, 0.15) is 5.56 Å². The van der Waals surface area contributed by atoms with Gasteiger partial charge < -0.3 is 16.2 Å². The van der Waals surface area contributed by atoms with E-state index in [-0.39, 0.29) is 16.7 Å². The lowest BCUT2D eigenvalue weighted by Gasteiger charge is -2.13. The summed E-state index contributed by atoms with van der Waals surface area (Å²) in [4.78, 5) is 7.40. The molecular weight excluding hydrogens is 396 g/mol. The highest BCUT2D eigenvalue weighted by Crippen LogP contribution is 2.32. The molecule has 2 aromatic carbocycles. The summed E-state index contributed by atoms with van der Waals surface area (Å²) in [7, 11) is 0. The second-order valence-electron chi connectivity index (χ2n) is 5.61. The van der Waals surface area contributed by atoms with Crippen LogP contribution >= 0.6 is 11.8 Å². The van der Waals surface area contributed by atoms with E-state index >= 15 is 0 Å². The van der Waals surface area contributed by atoms with E-state index in [4.69, 9.17) is 16.2 Å². The lowest BCUT2D eigenvalue weighted by molar-refractivity contribution is 0.287. The van der Waals surface area contributed by atoms with E-state index in [1.807, 2.05) is 0 Å². The molecular formula is C18H14F4N4OS. The van der Waals surface area contributed by atoms with E-state index in [2.05, 4.69) is 9.97 Å². The molecule has 0 fully saturated rings. The van der Waals surface area contributed by atoms with Gasteiger partial charge in [0.1, 0.15) is 18.2 Å². The van der Waals surface area contributed by atoms with Crippen LogP contribution in [0.3, 0.4) is 0 Å². The Morgan fingerprint density at radius 2 is 1.61 bits per heavy atom. The molecule has 0 amide bonds. The summed E-state index contributed by atoms with van der Waals surface area (Å²) in [6, 6.07) is 6.41. The van der Waals surface area contributed by atoms with E-state index in [9.17, 15) is 17.6 Å². The smallest absolute Gasteiger partial charge is 0.221 e. The Balaban J connectivity index is 1.83. The Bertz CT molecular complexity index is 1030. The molecule has 146 valence electrons. The first kappa shape index (κ1) is 19.7. The first-order chi connectivity index (χ1) is 13.3. The van der Waals surface area contributed by atoms with Crippen molar-refractivity contribution in [1.29, 1.82) is 0 Å². The fourth-order valence-corrected chi connectivity index (χ4v) is 3.18. The third kappa shape index (κ3) is 3.68. The van der Waals surface area contributed by atoms with Crippen LogP contribution in [0.5, 0.6) is 5.75 Å². The van der Waals surface area contributed by atoms with Crippen LogP contribution in [-0.4, -0.2) is 16.2 Å². The topological polar surface area (TPSA) is 87.0 Å². The number of nitrogens with two attached hydrogens (primary N) is 2. The second kappa shape index (κ2) is 7.93. The van der Waals surface area contributed by atoms with Crippen molar-refractivity contribution in [2.75, 3.05) is 17.7 Å². The predicted molar refractivity (Wildman–Crippen MR) is 98.7 cm³/mol. The molecule has 1 heterocycles. The molecule has 5 nitrogen and oxygen atoms in total. The van der Waals surface area contributed by atoms with Gasteiger partial charge in [-0.05, 0) is 24.0 Å². The number of anilines is 2. The molecule has 28 heavy (non-hydrogen) atoms. The molecule has 0 unspecified atom stereocenters. The minimum Gasteiger partial charge on any atom is -0.489 e. The van der Waals surface area contributed by atoms with Gasteiger partial charge in [0, 0.05) is 17.3 Å². The van der Waals surface area contributed by atoms with Gasteiger partial charge in [-0.15, -0.1) is 11.8 Å². The van der Waals surface area contributed by atoms with E-state index in [0.29, 0.717) is 16.9 Å². The van der Waals surface area contributed by atoms with Crippen LogP contribution in [-0.2, 0) is 6.61 Å². The minimum atomic E-state index is -1.87. The number of benzene rings is 2. The molecule has 10 heteroatoms. The van der Waals surface area contributed by atoms with E-state index in [1.54, 1.807) is 24.3 Å². The highest BCUT2D eigenvalue weighted by atomic mass is 32.2. The Labute approximate surface area is 161 Å². The Morgan fingerprint density at radius 1 is 0.964 bits per heavy atom. The standard InChI is InChI=1S/C18H14F4N4OS/c1-28-16-11(12(19)13(20)14(21)15(16)22)7-27-9-4-2-8(3-5-9)10-6-25-18(24)26-17(10)23/h2-6H,7H2,1H3,(H4,23,24,25,26). The van der Waals surface area contributed by atoms with Crippen LogP contribution in [0.25, 0.3) is 11.1 Å². The molecule has 1 aromatic heterocycles. The quantitative estimate of drug-likeness (QED) is 0.284. The van der Waals surface area contributed by atoms with Gasteiger partial charge in [-0.1, -0.05) is 12.1 Å². The molecule has 0 aliphatic rings. The molecule has 0 saturated carbocycles. The van der Waals surface area contributed by atoms with Crippen molar-refractivity contribution >= 4 is 23.5 Å². The van der Waals surface area contributed by atoms with Gasteiger partial charge in [0.2, 0.25) is 5.95 Å². The number of hydrogen-bond acceptors (Lipinski definition) is 6. The van der Waals surface area contributed by atoms with Crippen molar-refractivity contribution in [2.24, 2.45) is 0 Å². The first-order valence-electron chi connectivity index (χ1n) is 7.83. The van der Waals surface area contributed by atoms with Crippen LogP contribution in [0, 0.1) is 23.3 Å². The van der Waals surface area contributed by atoms with Gasteiger partial charge in [0.05, 0.1) is 4.90 Å². The van der Waals surface area contributed by atoms with Gasteiger partial charge in [-0.3, -0.25) is 0 Å². The number of aromatic nitrogens is 2. The van der Waals surface area contributed by atoms with Crippen LogP contribution < -0.4 is 16.2 Å². The van der Waals surface area contributed by atoms with E-state index in [0.717, 1.165) is 11.8 Å². The van der Waals surface area contributed by atoms with Crippen LogP contribution in [0.4, 0.5) is 29.3 Å². The summed E-state index contributed by atoms with van der Waals surface area (Å²) in [5.74, 6) is -6.10. The Morgan fingerprint density at radius 3 is 2.21 bits per heavy atom.